The van der Waals surface area contributed by atoms with Gasteiger partial charge in [0.15, 0.2) is 0 Å². The van der Waals surface area contributed by atoms with E-state index in [9.17, 15) is 9.90 Å². The molecule has 1 saturated heterocycles. The van der Waals surface area contributed by atoms with Crippen LogP contribution in [-0.2, 0) is 11.3 Å². The van der Waals surface area contributed by atoms with Gasteiger partial charge in [-0.25, -0.2) is 9.78 Å². The second kappa shape index (κ2) is 5.83. The first-order valence-corrected chi connectivity index (χ1v) is 7.01. The van der Waals surface area contributed by atoms with Crippen LogP contribution >= 0.6 is 0 Å². The summed E-state index contributed by atoms with van der Waals surface area (Å²) in [5.41, 5.74) is -0.456. The Kier molecular flexibility index (Phi) is 4.32. The van der Waals surface area contributed by atoms with Gasteiger partial charge in [0.2, 0.25) is 0 Å². The molecule has 0 aliphatic carbocycles. The molecule has 1 aliphatic heterocycles. The van der Waals surface area contributed by atoms with Gasteiger partial charge in [-0.05, 0) is 33.6 Å². The molecule has 2 rings (SSSR count). The van der Waals surface area contributed by atoms with E-state index >= 15 is 0 Å². The van der Waals surface area contributed by atoms with Gasteiger partial charge < -0.3 is 19.3 Å². The average Bonchev–Trinajstić information content (AvgIpc) is 2.85. The van der Waals surface area contributed by atoms with Crippen molar-refractivity contribution < 1.29 is 14.6 Å². The van der Waals surface area contributed by atoms with Crippen molar-refractivity contribution in [2.45, 2.75) is 51.9 Å². The van der Waals surface area contributed by atoms with Crippen LogP contribution in [-0.4, -0.2) is 44.3 Å². The Morgan fingerprint density at radius 2 is 2.10 bits per heavy atom. The molecule has 112 valence electrons. The molecule has 1 N–H and O–H groups in total. The van der Waals surface area contributed by atoms with Crippen molar-refractivity contribution in [3.63, 3.8) is 0 Å². The minimum atomic E-state index is -0.456. The predicted octanol–water partition coefficient (Wildman–Crippen LogP) is 1.95. The standard InChI is InChI=1S/C14H23N3O3/c1-14(2,3)20-13(19)16-7-4-11(5-8-16)17-9-6-15-12(17)10-18/h6,9,11,18H,4-5,7-8,10H2,1-3H3. The summed E-state index contributed by atoms with van der Waals surface area (Å²) in [6.45, 7) is 6.90. The first kappa shape index (κ1) is 14.8. The lowest BCUT2D eigenvalue weighted by Gasteiger charge is -2.34. The Balaban J connectivity index is 1.91. The van der Waals surface area contributed by atoms with Crippen molar-refractivity contribution in [1.82, 2.24) is 14.5 Å². The number of carbonyl (C=O) groups excluding carboxylic acids is 1. The van der Waals surface area contributed by atoms with E-state index in [0.29, 0.717) is 25.0 Å². The van der Waals surface area contributed by atoms with E-state index in [4.69, 9.17) is 4.74 Å². The van der Waals surface area contributed by atoms with Crippen LogP contribution in [0.25, 0.3) is 0 Å². The van der Waals surface area contributed by atoms with Crippen molar-refractivity contribution in [3.05, 3.63) is 18.2 Å². The van der Waals surface area contributed by atoms with E-state index in [-0.39, 0.29) is 12.7 Å². The molecule has 0 radical (unpaired) electrons. The van der Waals surface area contributed by atoms with Gasteiger partial charge >= 0.3 is 6.09 Å². The van der Waals surface area contributed by atoms with Gasteiger partial charge in [-0.1, -0.05) is 0 Å². The first-order valence-electron chi connectivity index (χ1n) is 7.01. The third-order valence-electron chi connectivity index (χ3n) is 3.40. The summed E-state index contributed by atoms with van der Waals surface area (Å²) in [5, 5.41) is 9.24. The zero-order chi connectivity index (χ0) is 14.8. The topological polar surface area (TPSA) is 67.6 Å². The number of carbonyl (C=O) groups is 1. The number of nitrogens with zero attached hydrogens (tertiary/aromatic N) is 3. The molecule has 20 heavy (non-hydrogen) atoms. The molecular formula is C14H23N3O3. The molecule has 6 heteroatoms. The maximum Gasteiger partial charge on any atom is 0.410 e. The maximum atomic E-state index is 12.0. The van der Waals surface area contributed by atoms with E-state index in [1.807, 2.05) is 31.5 Å². The normalized spacial score (nSPS) is 17.3. The number of aromatic nitrogens is 2. The van der Waals surface area contributed by atoms with Gasteiger partial charge in [0, 0.05) is 31.5 Å². The summed E-state index contributed by atoms with van der Waals surface area (Å²) < 4.78 is 7.38. The second-order valence-corrected chi connectivity index (χ2v) is 6.11. The molecule has 0 bridgehead atoms. The monoisotopic (exact) mass is 281 g/mol. The molecule has 1 aromatic heterocycles. The Hall–Kier alpha value is -1.56. The summed E-state index contributed by atoms with van der Waals surface area (Å²) >= 11 is 0. The molecule has 1 aromatic rings. The zero-order valence-corrected chi connectivity index (χ0v) is 12.4. The molecule has 0 spiro atoms. The fraction of sp³-hybridized carbons (Fsp3) is 0.714. The maximum absolute atomic E-state index is 12.0. The summed E-state index contributed by atoms with van der Waals surface area (Å²) in [4.78, 5) is 17.8. The van der Waals surface area contributed by atoms with Crippen LogP contribution in [0.15, 0.2) is 12.4 Å². The highest BCUT2D eigenvalue weighted by Crippen LogP contribution is 2.24. The summed E-state index contributed by atoms with van der Waals surface area (Å²) in [7, 11) is 0. The highest BCUT2D eigenvalue weighted by atomic mass is 16.6. The molecule has 1 fully saturated rings. The van der Waals surface area contributed by atoms with Crippen LogP contribution in [0.2, 0.25) is 0 Å². The SMILES string of the molecule is CC(C)(C)OC(=O)N1CCC(n2ccnc2CO)CC1. The lowest BCUT2D eigenvalue weighted by Crippen LogP contribution is -2.42. The van der Waals surface area contributed by atoms with E-state index in [2.05, 4.69) is 4.98 Å². The number of hydrogen-bond donors (Lipinski definition) is 1. The first-order chi connectivity index (χ1) is 9.40. The van der Waals surface area contributed by atoms with Gasteiger partial charge in [0.05, 0.1) is 0 Å². The number of piperidine rings is 1. The van der Waals surface area contributed by atoms with E-state index in [1.165, 1.54) is 0 Å². The number of amides is 1. The van der Waals surface area contributed by atoms with Gasteiger partial charge in [-0.2, -0.15) is 0 Å². The van der Waals surface area contributed by atoms with Crippen LogP contribution in [0, 0.1) is 0 Å². The second-order valence-electron chi connectivity index (χ2n) is 6.11. The van der Waals surface area contributed by atoms with Crippen molar-refractivity contribution in [2.24, 2.45) is 0 Å². The summed E-state index contributed by atoms with van der Waals surface area (Å²) in [5.74, 6) is 0.681. The van der Waals surface area contributed by atoms with Gasteiger partial charge in [-0.15, -0.1) is 0 Å². The van der Waals surface area contributed by atoms with Crippen molar-refractivity contribution in [3.8, 4) is 0 Å². The Bertz CT molecular complexity index is 456. The predicted molar refractivity (Wildman–Crippen MR) is 74.2 cm³/mol. The molecule has 0 saturated carbocycles. The largest absolute Gasteiger partial charge is 0.444 e. The van der Waals surface area contributed by atoms with Crippen LogP contribution in [0.3, 0.4) is 0 Å². The Labute approximate surface area is 119 Å². The van der Waals surface area contributed by atoms with Crippen LogP contribution < -0.4 is 0 Å². The Morgan fingerprint density at radius 1 is 1.45 bits per heavy atom. The fourth-order valence-electron chi connectivity index (χ4n) is 2.45. The molecule has 2 heterocycles. The fourth-order valence-corrected chi connectivity index (χ4v) is 2.45. The molecule has 0 unspecified atom stereocenters. The molecule has 0 atom stereocenters. The van der Waals surface area contributed by atoms with Gasteiger partial charge in [0.1, 0.15) is 18.0 Å². The summed E-state index contributed by atoms with van der Waals surface area (Å²) in [6.07, 6.45) is 5.04. The highest BCUT2D eigenvalue weighted by Gasteiger charge is 2.27. The van der Waals surface area contributed by atoms with Crippen LogP contribution in [0.5, 0.6) is 0 Å². The zero-order valence-electron chi connectivity index (χ0n) is 12.4. The third kappa shape index (κ3) is 3.50. The molecule has 1 amide bonds. The number of ether oxygens (including phenoxy) is 1. The van der Waals surface area contributed by atoms with Crippen molar-refractivity contribution in [2.75, 3.05) is 13.1 Å². The number of aliphatic hydroxyl groups excluding tert-OH is 1. The minimum absolute atomic E-state index is 0.0563. The lowest BCUT2D eigenvalue weighted by atomic mass is 10.1. The van der Waals surface area contributed by atoms with Crippen LogP contribution in [0.4, 0.5) is 4.79 Å². The third-order valence-corrected chi connectivity index (χ3v) is 3.40. The van der Waals surface area contributed by atoms with Crippen molar-refractivity contribution >= 4 is 6.09 Å². The minimum Gasteiger partial charge on any atom is -0.444 e. The quantitative estimate of drug-likeness (QED) is 0.899. The highest BCUT2D eigenvalue weighted by molar-refractivity contribution is 5.68. The molecule has 1 aliphatic rings. The van der Waals surface area contributed by atoms with E-state index in [1.54, 1.807) is 11.1 Å². The molecule has 6 nitrogen and oxygen atoms in total. The number of likely N-dealkylation sites (tertiary alicyclic amines) is 1. The molecular weight excluding hydrogens is 258 g/mol. The number of hydrogen-bond acceptors (Lipinski definition) is 4. The van der Waals surface area contributed by atoms with E-state index < -0.39 is 5.60 Å². The number of imidazole rings is 1. The van der Waals surface area contributed by atoms with Crippen LogP contribution in [0.1, 0.15) is 45.5 Å². The van der Waals surface area contributed by atoms with Gasteiger partial charge in [0.25, 0.3) is 0 Å². The van der Waals surface area contributed by atoms with E-state index in [0.717, 1.165) is 12.8 Å². The van der Waals surface area contributed by atoms with Gasteiger partial charge in [-0.3, -0.25) is 0 Å². The number of aliphatic hydroxyl groups is 1. The number of rotatable bonds is 2. The smallest absolute Gasteiger partial charge is 0.410 e. The average molecular weight is 281 g/mol. The summed E-state index contributed by atoms with van der Waals surface area (Å²) in [6, 6.07) is 0.290. The van der Waals surface area contributed by atoms with Crippen molar-refractivity contribution in [1.29, 1.82) is 0 Å². The molecule has 0 aromatic carbocycles. The Morgan fingerprint density at radius 3 is 2.65 bits per heavy atom. The lowest BCUT2D eigenvalue weighted by molar-refractivity contribution is 0.0186.